The molecule has 1 N–H and O–H groups in total. The first kappa shape index (κ1) is 14.3. The van der Waals surface area contributed by atoms with E-state index in [-0.39, 0.29) is 0 Å². The van der Waals surface area contributed by atoms with Crippen LogP contribution in [0, 0.1) is 20.8 Å². The van der Waals surface area contributed by atoms with Crippen molar-refractivity contribution in [3.8, 4) is 5.69 Å². The summed E-state index contributed by atoms with van der Waals surface area (Å²) in [6.45, 7) is 6.93. The fraction of sp³-hybridized carbons (Fsp3) is 0.235. The standard InChI is InChI=1S/C17H19N5/c1-12-7-8-13(2)15(9-12)11-18-16-5-4-6-17(10-16)22-14(3)19-20-21-22/h4-10,18H,11H2,1-3H3. The van der Waals surface area contributed by atoms with Gasteiger partial charge < -0.3 is 5.32 Å². The summed E-state index contributed by atoms with van der Waals surface area (Å²) in [4.78, 5) is 0. The second-order valence-electron chi connectivity index (χ2n) is 5.47. The third-order valence-electron chi connectivity index (χ3n) is 3.70. The molecule has 22 heavy (non-hydrogen) atoms. The molecule has 0 saturated heterocycles. The molecule has 0 radical (unpaired) electrons. The molecule has 0 aliphatic rings. The largest absolute Gasteiger partial charge is 0.381 e. The van der Waals surface area contributed by atoms with E-state index in [0.29, 0.717) is 0 Å². The van der Waals surface area contributed by atoms with Gasteiger partial charge in [0.2, 0.25) is 0 Å². The maximum atomic E-state index is 4.00. The van der Waals surface area contributed by atoms with E-state index in [1.807, 2.05) is 25.1 Å². The maximum Gasteiger partial charge on any atom is 0.153 e. The molecule has 0 aliphatic carbocycles. The van der Waals surface area contributed by atoms with Crippen molar-refractivity contribution in [3.05, 3.63) is 65.0 Å². The van der Waals surface area contributed by atoms with E-state index in [1.54, 1.807) is 4.68 Å². The number of rotatable bonds is 4. The zero-order chi connectivity index (χ0) is 15.5. The van der Waals surface area contributed by atoms with Crippen molar-refractivity contribution in [2.24, 2.45) is 0 Å². The molecule has 0 unspecified atom stereocenters. The average Bonchev–Trinajstić information content (AvgIpc) is 2.95. The molecule has 0 aliphatic heterocycles. The monoisotopic (exact) mass is 293 g/mol. The molecule has 5 heteroatoms. The second kappa shape index (κ2) is 5.97. The summed E-state index contributed by atoms with van der Waals surface area (Å²) >= 11 is 0. The Morgan fingerprint density at radius 1 is 1.05 bits per heavy atom. The van der Waals surface area contributed by atoms with Crippen molar-refractivity contribution in [3.63, 3.8) is 0 Å². The van der Waals surface area contributed by atoms with Crippen LogP contribution in [-0.2, 0) is 6.54 Å². The molecule has 0 spiro atoms. The fourth-order valence-corrected chi connectivity index (χ4v) is 2.41. The van der Waals surface area contributed by atoms with Gasteiger partial charge in [-0.3, -0.25) is 0 Å². The van der Waals surface area contributed by atoms with Gasteiger partial charge in [0.05, 0.1) is 5.69 Å². The summed E-state index contributed by atoms with van der Waals surface area (Å²) in [6.07, 6.45) is 0. The quantitative estimate of drug-likeness (QED) is 0.802. The van der Waals surface area contributed by atoms with Gasteiger partial charge in [-0.2, -0.15) is 4.68 Å². The van der Waals surface area contributed by atoms with Crippen LogP contribution in [0.1, 0.15) is 22.5 Å². The van der Waals surface area contributed by atoms with Gasteiger partial charge in [-0.05, 0) is 60.5 Å². The van der Waals surface area contributed by atoms with Crippen LogP contribution in [0.15, 0.2) is 42.5 Å². The summed E-state index contributed by atoms with van der Waals surface area (Å²) in [5.74, 6) is 0.770. The van der Waals surface area contributed by atoms with E-state index < -0.39 is 0 Å². The van der Waals surface area contributed by atoms with Crippen LogP contribution in [0.4, 0.5) is 5.69 Å². The molecule has 1 heterocycles. The minimum absolute atomic E-state index is 0.770. The third kappa shape index (κ3) is 2.98. The summed E-state index contributed by atoms with van der Waals surface area (Å²) in [6, 6.07) is 14.6. The molecule has 1 aromatic heterocycles. The number of nitrogens with one attached hydrogen (secondary N) is 1. The SMILES string of the molecule is Cc1ccc(C)c(CNc2cccc(-n3nnnc3C)c2)c1. The highest BCUT2D eigenvalue weighted by Crippen LogP contribution is 2.17. The number of aryl methyl sites for hydroxylation is 3. The molecule has 0 fully saturated rings. The predicted molar refractivity (Wildman–Crippen MR) is 87.1 cm³/mol. The lowest BCUT2D eigenvalue weighted by molar-refractivity contribution is 0.779. The molecule has 2 aromatic carbocycles. The molecule has 112 valence electrons. The van der Waals surface area contributed by atoms with E-state index in [0.717, 1.165) is 23.7 Å². The van der Waals surface area contributed by atoms with Crippen LogP contribution in [0.2, 0.25) is 0 Å². The van der Waals surface area contributed by atoms with E-state index in [1.165, 1.54) is 16.7 Å². The number of anilines is 1. The molecule has 0 saturated carbocycles. The van der Waals surface area contributed by atoms with Crippen LogP contribution in [0.5, 0.6) is 0 Å². The molecule has 3 aromatic rings. The van der Waals surface area contributed by atoms with Crippen LogP contribution >= 0.6 is 0 Å². The second-order valence-corrected chi connectivity index (χ2v) is 5.47. The van der Waals surface area contributed by atoms with Gasteiger partial charge >= 0.3 is 0 Å². The van der Waals surface area contributed by atoms with E-state index in [2.05, 4.69) is 59.0 Å². The van der Waals surface area contributed by atoms with E-state index >= 15 is 0 Å². The van der Waals surface area contributed by atoms with Gasteiger partial charge in [0.25, 0.3) is 0 Å². The van der Waals surface area contributed by atoms with Gasteiger partial charge in [0.15, 0.2) is 5.82 Å². The Kier molecular flexibility index (Phi) is 3.87. The smallest absolute Gasteiger partial charge is 0.153 e. The number of aromatic nitrogens is 4. The zero-order valence-corrected chi connectivity index (χ0v) is 13.0. The van der Waals surface area contributed by atoms with Gasteiger partial charge in [0.1, 0.15) is 0 Å². The molecule has 0 amide bonds. The Morgan fingerprint density at radius 2 is 1.91 bits per heavy atom. The molecule has 5 nitrogen and oxygen atoms in total. The van der Waals surface area contributed by atoms with Crippen LogP contribution in [0.25, 0.3) is 5.69 Å². The Balaban J connectivity index is 1.79. The first-order valence-corrected chi connectivity index (χ1v) is 7.29. The first-order valence-electron chi connectivity index (χ1n) is 7.29. The first-order chi connectivity index (χ1) is 10.6. The third-order valence-corrected chi connectivity index (χ3v) is 3.70. The molecular weight excluding hydrogens is 274 g/mol. The Hall–Kier alpha value is -2.69. The minimum Gasteiger partial charge on any atom is -0.381 e. The normalized spacial score (nSPS) is 10.7. The lowest BCUT2D eigenvalue weighted by Crippen LogP contribution is -2.04. The topological polar surface area (TPSA) is 55.6 Å². The average molecular weight is 293 g/mol. The highest BCUT2D eigenvalue weighted by molar-refractivity contribution is 5.51. The lowest BCUT2D eigenvalue weighted by Gasteiger charge is -2.11. The lowest BCUT2D eigenvalue weighted by atomic mass is 10.1. The fourth-order valence-electron chi connectivity index (χ4n) is 2.41. The molecule has 3 rings (SSSR count). The summed E-state index contributed by atoms with van der Waals surface area (Å²) < 4.78 is 1.73. The van der Waals surface area contributed by atoms with Gasteiger partial charge in [-0.15, -0.1) is 5.10 Å². The Bertz CT molecular complexity index is 791. The zero-order valence-electron chi connectivity index (χ0n) is 13.0. The van der Waals surface area contributed by atoms with Crippen molar-refractivity contribution in [1.29, 1.82) is 0 Å². The van der Waals surface area contributed by atoms with Crippen molar-refractivity contribution in [1.82, 2.24) is 20.2 Å². The van der Waals surface area contributed by atoms with Gasteiger partial charge in [-0.1, -0.05) is 29.8 Å². The van der Waals surface area contributed by atoms with Crippen LogP contribution < -0.4 is 5.32 Å². The minimum atomic E-state index is 0.770. The maximum absolute atomic E-state index is 4.00. The van der Waals surface area contributed by atoms with Crippen molar-refractivity contribution < 1.29 is 0 Å². The summed E-state index contributed by atoms with van der Waals surface area (Å²) in [5, 5.41) is 15.1. The number of hydrogen-bond acceptors (Lipinski definition) is 4. The van der Waals surface area contributed by atoms with E-state index in [4.69, 9.17) is 0 Å². The van der Waals surface area contributed by atoms with Crippen LogP contribution in [0.3, 0.4) is 0 Å². The number of benzene rings is 2. The van der Waals surface area contributed by atoms with Crippen molar-refractivity contribution in [2.75, 3.05) is 5.32 Å². The number of tetrazole rings is 1. The Morgan fingerprint density at radius 3 is 2.68 bits per heavy atom. The van der Waals surface area contributed by atoms with Crippen LogP contribution in [-0.4, -0.2) is 20.2 Å². The molecular formula is C17H19N5. The molecule has 0 atom stereocenters. The van der Waals surface area contributed by atoms with Gasteiger partial charge in [-0.25, -0.2) is 0 Å². The number of nitrogens with zero attached hydrogens (tertiary/aromatic N) is 4. The van der Waals surface area contributed by atoms with Crippen molar-refractivity contribution >= 4 is 5.69 Å². The van der Waals surface area contributed by atoms with Gasteiger partial charge in [0, 0.05) is 12.2 Å². The molecule has 0 bridgehead atoms. The summed E-state index contributed by atoms with van der Waals surface area (Å²) in [7, 11) is 0. The highest BCUT2D eigenvalue weighted by Gasteiger charge is 2.04. The Labute approximate surface area is 130 Å². The predicted octanol–water partition coefficient (Wildman–Crippen LogP) is 3.20. The highest BCUT2D eigenvalue weighted by atomic mass is 15.5. The summed E-state index contributed by atoms with van der Waals surface area (Å²) in [5.41, 5.74) is 5.89. The van der Waals surface area contributed by atoms with Crippen molar-refractivity contribution in [2.45, 2.75) is 27.3 Å². The van der Waals surface area contributed by atoms with E-state index in [9.17, 15) is 0 Å². The number of hydrogen-bond donors (Lipinski definition) is 1.